The zero-order valence-corrected chi connectivity index (χ0v) is 8.92. The zero-order valence-electron chi connectivity index (χ0n) is 8.92. The molecule has 1 aliphatic heterocycles. The molecule has 0 unspecified atom stereocenters. The molecule has 0 N–H and O–H groups in total. The van der Waals surface area contributed by atoms with Gasteiger partial charge in [-0.05, 0) is 25.7 Å². The number of piperidine rings is 1. The lowest BCUT2D eigenvalue weighted by Crippen LogP contribution is -2.32. The predicted octanol–water partition coefficient (Wildman–Crippen LogP) is 1.94. The van der Waals surface area contributed by atoms with E-state index >= 15 is 0 Å². The van der Waals surface area contributed by atoms with Crippen LogP contribution < -0.4 is 0 Å². The van der Waals surface area contributed by atoms with Gasteiger partial charge in [0, 0.05) is 13.1 Å². The SMILES string of the molecule is C=C(C(=O)OCCC)N1CCCCC1. The molecule has 0 aromatic rings. The zero-order chi connectivity index (χ0) is 10.4. The molecule has 0 radical (unpaired) electrons. The Balaban J connectivity index is 2.34. The summed E-state index contributed by atoms with van der Waals surface area (Å²) in [5, 5.41) is 0. The molecule has 0 bridgehead atoms. The van der Waals surface area contributed by atoms with E-state index in [-0.39, 0.29) is 5.97 Å². The monoisotopic (exact) mass is 197 g/mol. The van der Waals surface area contributed by atoms with Gasteiger partial charge < -0.3 is 9.64 Å². The second-order valence-electron chi connectivity index (χ2n) is 3.63. The van der Waals surface area contributed by atoms with E-state index in [9.17, 15) is 4.79 Å². The first-order valence-corrected chi connectivity index (χ1v) is 5.36. The highest BCUT2D eigenvalue weighted by Gasteiger charge is 2.18. The van der Waals surface area contributed by atoms with Crippen LogP contribution in [0.4, 0.5) is 0 Å². The number of ether oxygens (including phenoxy) is 1. The molecule has 1 aliphatic rings. The van der Waals surface area contributed by atoms with Gasteiger partial charge in [-0.15, -0.1) is 0 Å². The Morgan fingerprint density at radius 3 is 2.57 bits per heavy atom. The van der Waals surface area contributed by atoms with Gasteiger partial charge in [-0.1, -0.05) is 13.5 Å². The summed E-state index contributed by atoms with van der Waals surface area (Å²) in [4.78, 5) is 13.5. The van der Waals surface area contributed by atoms with Gasteiger partial charge in [0.15, 0.2) is 0 Å². The fraction of sp³-hybridized carbons (Fsp3) is 0.727. The van der Waals surface area contributed by atoms with Crippen molar-refractivity contribution in [2.45, 2.75) is 32.6 Å². The minimum Gasteiger partial charge on any atom is -0.461 e. The van der Waals surface area contributed by atoms with Gasteiger partial charge in [0.25, 0.3) is 0 Å². The summed E-state index contributed by atoms with van der Waals surface area (Å²) in [5.74, 6) is -0.256. The lowest BCUT2D eigenvalue weighted by molar-refractivity contribution is -0.141. The second kappa shape index (κ2) is 5.68. The molecule has 0 aromatic heterocycles. The van der Waals surface area contributed by atoms with E-state index in [1.807, 2.05) is 11.8 Å². The van der Waals surface area contributed by atoms with Crippen molar-refractivity contribution in [3.8, 4) is 0 Å². The van der Waals surface area contributed by atoms with Crippen molar-refractivity contribution >= 4 is 5.97 Å². The minimum atomic E-state index is -0.256. The Bertz CT molecular complexity index is 207. The third kappa shape index (κ3) is 3.05. The highest BCUT2D eigenvalue weighted by atomic mass is 16.5. The van der Waals surface area contributed by atoms with E-state index < -0.39 is 0 Å². The van der Waals surface area contributed by atoms with Gasteiger partial charge in [0.2, 0.25) is 0 Å². The number of likely N-dealkylation sites (tertiary alicyclic amines) is 1. The summed E-state index contributed by atoms with van der Waals surface area (Å²) in [6.45, 7) is 8.15. The normalized spacial score (nSPS) is 16.5. The van der Waals surface area contributed by atoms with Crippen molar-refractivity contribution in [3.05, 3.63) is 12.3 Å². The van der Waals surface area contributed by atoms with Gasteiger partial charge in [0.1, 0.15) is 5.70 Å². The standard InChI is InChI=1S/C11H19NO2/c1-3-9-14-11(13)10(2)12-7-5-4-6-8-12/h2-9H2,1H3. The molecule has 0 aromatic carbocycles. The number of hydrogen-bond acceptors (Lipinski definition) is 3. The maximum absolute atomic E-state index is 11.4. The summed E-state index contributed by atoms with van der Waals surface area (Å²) in [7, 11) is 0. The van der Waals surface area contributed by atoms with Crippen molar-refractivity contribution < 1.29 is 9.53 Å². The first-order chi connectivity index (χ1) is 6.75. The largest absolute Gasteiger partial charge is 0.461 e. The molecule has 0 aliphatic carbocycles. The van der Waals surface area contributed by atoms with Crippen molar-refractivity contribution in [1.82, 2.24) is 4.90 Å². The van der Waals surface area contributed by atoms with E-state index in [4.69, 9.17) is 4.74 Å². The van der Waals surface area contributed by atoms with E-state index in [0.717, 1.165) is 32.4 Å². The van der Waals surface area contributed by atoms with Gasteiger partial charge in [-0.3, -0.25) is 0 Å². The molecular weight excluding hydrogens is 178 g/mol. The van der Waals surface area contributed by atoms with E-state index in [2.05, 4.69) is 6.58 Å². The lowest BCUT2D eigenvalue weighted by Gasteiger charge is -2.28. The average Bonchev–Trinajstić information content (AvgIpc) is 2.26. The average molecular weight is 197 g/mol. The number of hydrogen-bond donors (Lipinski definition) is 0. The van der Waals surface area contributed by atoms with Crippen LogP contribution in [0.2, 0.25) is 0 Å². The summed E-state index contributed by atoms with van der Waals surface area (Å²) >= 11 is 0. The van der Waals surface area contributed by atoms with Gasteiger partial charge in [-0.2, -0.15) is 0 Å². The van der Waals surface area contributed by atoms with E-state index in [0.29, 0.717) is 12.3 Å². The van der Waals surface area contributed by atoms with Crippen molar-refractivity contribution in [1.29, 1.82) is 0 Å². The fourth-order valence-corrected chi connectivity index (χ4v) is 1.57. The van der Waals surface area contributed by atoms with Gasteiger partial charge in [0.05, 0.1) is 6.61 Å². The molecule has 14 heavy (non-hydrogen) atoms. The van der Waals surface area contributed by atoms with Crippen LogP contribution in [-0.4, -0.2) is 30.6 Å². The molecule has 0 saturated carbocycles. The minimum absolute atomic E-state index is 0.256. The highest BCUT2D eigenvalue weighted by molar-refractivity contribution is 5.87. The summed E-state index contributed by atoms with van der Waals surface area (Å²) in [6, 6.07) is 0. The van der Waals surface area contributed by atoms with Crippen LogP contribution in [0.25, 0.3) is 0 Å². The number of carbonyl (C=O) groups excluding carboxylic acids is 1. The topological polar surface area (TPSA) is 29.5 Å². The first kappa shape index (κ1) is 11.1. The van der Waals surface area contributed by atoms with Gasteiger partial charge in [-0.25, -0.2) is 4.79 Å². The second-order valence-corrected chi connectivity index (χ2v) is 3.63. The quantitative estimate of drug-likeness (QED) is 0.509. The summed E-state index contributed by atoms with van der Waals surface area (Å²) in [5.41, 5.74) is 0.526. The third-order valence-electron chi connectivity index (χ3n) is 2.41. The Morgan fingerprint density at radius 2 is 2.00 bits per heavy atom. The third-order valence-corrected chi connectivity index (χ3v) is 2.41. The lowest BCUT2D eigenvalue weighted by atomic mass is 10.1. The van der Waals surface area contributed by atoms with Crippen LogP contribution in [0.3, 0.4) is 0 Å². The van der Waals surface area contributed by atoms with Crippen LogP contribution in [-0.2, 0) is 9.53 Å². The molecule has 80 valence electrons. The van der Waals surface area contributed by atoms with Crippen molar-refractivity contribution in [2.75, 3.05) is 19.7 Å². The molecule has 1 fully saturated rings. The number of carbonyl (C=O) groups is 1. The number of rotatable bonds is 4. The van der Waals surface area contributed by atoms with E-state index in [1.165, 1.54) is 6.42 Å². The maximum atomic E-state index is 11.4. The molecule has 3 heteroatoms. The van der Waals surface area contributed by atoms with Gasteiger partial charge >= 0.3 is 5.97 Å². The molecule has 0 atom stereocenters. The molecule has 3 nitrogen and oxygen atoms in total. The molecule has 1 rings (SSSR count). The molecule has 0 spiro atoms. The summed E-state index contributed by atoms with van der Waals surface area (Å²) in [6.07, 6.45) is 4.42. The van der Waals surface area contributed by atoms with Crippen molar-refractivity contribution in [2.24, 2.45) is 0 Å². The van der Waals surface area contributed by atoms with Crippen molar-refractivity contribution in [3.63, 3.8) is 0 Å². The molecular formula is C11H19NO2. The smallest absolute Gasteiger partial charge is 0.353 e. The fourth-order valence-electron chi connectivity index (χ4n) is 1.57. The van der Waals surface area contributed by atoms with Crippen LogP contribution in [0.1, 0.15) is 32.6 Å². The molecule has 1 heterocycles. The number of nitrogens with zero attached hydrogens (tertiary/aromatic N) is 1. The van der Waals surface area contributed by atoms with E-state index in [1.54, 1.807) is 0 Å². The predicted molar refractivity (Wildman–Crippen MR) is 55.8 cm³/mol. The maximum Gasteiger partial charge on any atom is 0.353 e. The highest BCUT2D eigenvalue weighted by Crippen LogP contribution is 2.14. The van der Waals surface area contributed by atoms with Crippen LogP contribution in [0, 0.1) is 0 Å². The molecule has 1 saturated heterocycles. The Hall–Kier alpha value is -0.990. The van der Waals surface area contributed by atoms with Crippen LogP contribution >= 0.6 is 0 Å². The van der Waals surface area contributed by atoms with Crippen LogP contribution in [0.15, 0.2) is 12.3 Å². The Morgan fingerprint density at radius 1 is 1.36 bits per heavy atom. The number of esters is 1. The molecule has 0 amide bonds. The summed E-state index contributed by atoms with van der Waals surface area (Å²) < 4.78 is 5.03. The Kier molecular flexibility index (Phi) is 4.50. The first-order valence-electron chi connectivity index (χ1n) is 5.36. The Labute approximate surface area is 85.7 Å². The van der Waals surface area contributed by atoms with Crippen LogP contribution in [0.5, 0.6) is 0 Å².